The van der Waals surface area contributed by atoms with Gasteiger partial charge in [0, 0.05) is 0 Å². The molecule has 2 aliphatic rings. The molecule has 2 aliphatic carbocycles. The topological polar surface area (TPSA) is 54.4 Å². The Morgan fingerprint density at radius 2 is 1.73 bits per heavy atom. The molecule has 0 atom stereocenters. The summed E-state index contributed by atoms with van der Waals surface area (Å²) >= 11 is 0. The molecule has 0 aliphatic heterocycles. The van der Waals surface area contributed by atoms with Crippen LogP contribution in [0.25, 0.3) is 11.1 Å². The smallest absolute Gasteiger partial charge is 0.282 e. The molecule has 2 rings (SSSR count). The lowest BCUT2D eigenvalue weighted by molar-refractivity contribution is 0.483. The van der Waals surface area contributed by atoms with E-state index < -0.39 is 10.1 Å². The SMILES string of the molecule is Cc1c2cc(S(=O)(=O)O)cc1-2. The lowest BCUT2D eigenvalue weighted by Gasteiger charge is -1.87. The van der Waals surface area contributed by atoms with E-state index in [1.165, 1.54) is 12.1 Å². The summed E-state index contributed by atoms with van der Waals surface area (Å²) in [5.41, 5.74) is 3.03. The third kappa shape index (κ3) is 0.868. The molecule has 0 bridgehead atoms. The van der Waals surface area contributed by atoms with E-state index in [0.717, 1.165) is 16.7 Å². The highest BCUT2D eigenvalue weighted by Crippen LogP contribution is 2.44. The monoisotopic (exact) mass is 170 g/mol. The van der Waals surface area contributed by atoms with Crippen molar-refractivity contribution in [2.24, 2.45) is 0 Å². The van der Waals surface area contributed by atoms with Crippen molar-refractivity contribution in [3.63, 3.8) is 0 Å². The first-order valence-corrected chi connectivity index (χ1v) is 4.56. The molecule has 0 heterocycles. The maximum Gasteiger partial charge on any atom is 0.294 e. The van der Waals surface area contributed by atoms with Gasteiger partial charge >= 0.3 is 0 Å². The van der Waals surface area contributed by atoms with Gasteiger partial charge in [-0.3, -0.25) is 4.55 Å². The molecular weight excluding hydrogens is 164 g/mol. The van der Waals surface area contributed by atoms with Gasteiger partial charge in [-0.2, -0.15) is 8.42 Å². The van der Waals surface area contributed by atoms with Crippen molar-refractivity contribution in [3.8, 4) is 11.1 Å². The molecule has 0 radical (unpaired) electrons. The highest BCUT2D eigenvalue weighted by molar-refractivity contribution is 7.85. The van der Waals surface area contributed by atoms with Crippen LogP contribution in [-0.4, -0.2) is 13.0 Å². The van der Waals surface area contributed by atoms with Gasteiger partial charge in [0.25, 0.3) is 10.1 Å². The molecule has 0 aromatic carbocycles. The summed E-state index contributed by atoms with van der Waals surface area (Å²) in [4.78, 5) is 0.00750. The maximum atomic E-state index is 10.5. The van der Waals surface area contributed by atoms with Gasteiger partial charge in [-0.1, -0.05) is 0 Å². The summed E-state index contributed by atoms with van der Waals surface area (Å²) in [5, 5.41) is 0. The highest BCUT2D eigenvalue weighted by Gasteiger charge is 2.25. The Hall–Kier alpha value is -0.870. The average Bonchev–Trinajstić information content (AvgIpc) is 2.39. The third-order valence-corrected chi connectivity index (χ3v) is 2.74. The molecule has 1 N–H and O–H groups in total. The van der Waals surface area contributed by atoms with Crippen molar-refractivity contribution < 1.29 is 13.0 Å². The van der Waals surface area contributed by atoms with E-state index in [-0.39, 0.29) is 4.90 Å². The second-order valence-electron chi connectivity index (χ2n) is 2.62. The zero-order valence-corrected chi connectivity index (χ0v) is 6.64. The highest BCUT2D eigenvalue weighted by atomic mass is 32.2. The number of benzene rings is 1. The van der Waals surface area contributed by atoms with Crippen molar-refractivity contribution in [2.45, 2.75) is 11.8 Å². The second kappa shape index (κ2) is 1.65. The average molecular weight is 170 g/mol. The van der Waals surface area contributed by atoms with Crippen LogP contribution in [0.15, 0.2) is 17.0 Å². The van der Waals surface area contributed by atoms with E-state index in [2.05, 4.69) is 0 Å². The first kappa shape index (κ1) is 6.82. The summed E-state index contributed by atoms with van der Waals surface area (Å²) in [6.07, 6.45) is 0. The lowest BCUT2D eigenvalue weighted by Crippen LogP contribution is -1.94. The predicted molar refractivity (Wildman–Crippen MR) is 40.0 cm³/mol. The molecule has 0 fully saturated rings. The second-order valence-corrected chi connectivity index (χ2v) is 4.04. The van der Waals surface area contributed by atoms with E-state index >= 15 is 0 Å². The van der Waals surface area contributed by atoms with Crippen LogP contribution in [0.3, 0.4) is 0 Å². The minimum atomic E-state index is -3.98. The van der Waals surface area contributed by atoms with Crippen LogP contribution in [0.2, 0.25) is 0 Å². The van der Waals surface area contributed by atoms with Gasteiger partial charge in [0.05, 0.1) is 4.90 Å². The van der Waals surface area contributed by atoms with Gasteiger partial charge in [0.1, 0.15) is 0 Å². The molecule has 0 spiro atoms. The summed E-state index contributed by atoms with van der Waals surface area (Å²) in [7, 11) is -3.98. The number of hydrogen-bond donors (Lipinski definition) is 1. The van der Waals surface area contributed by atoms with Gasteiger partial charge < -0.3 is 0 Å². The first-order chi connectivity index (χ1) is 5.00. The summed E-state index contributed by atoms with van der Waals surface area (Å²) in [6, 6.07) is 2.97. The van der Waals surface area contributed by atoms with E-state index in [1.807, 2.05) is 6.92 Å². The van der Waals surface area contributed by atoms with Crippen LogP contribution >= 0.6 is 0 Å². The molecule has 0 saturated carbocycles. The van der Waals surface area contributed by atoms with Gasteiger partial charge in [-0.15, -0.1) is 0 Å². The van der Waals surface area contributed by atoms with Crippen molar-refractivity contribution >= 4 is 10.1 Å². The van der Waals surface area contributed by atoms with Crippen LogP contribution in [-0.2, 0) is 10.1 Å². The Bertz CT molecular complexity index is 408. The van der Waals surface area contributed by atoms with Crippen molar-refractivity contribution in [2.75, 3.05) is 0 Å². The first-order valence-electron chi connectivity index (χ1n) is 3.12. The summed E-state index contributed by atoms with van der Waals surface area (Å²) in [6.45, 7) is 1.92. The van der Waals surface area contributed by atoms with E-state index in [4.69, 9.17) is 4.55 Å². The zero-order valence-electron chi connectivity index (χ0n) is 5.83. The number of hydrogen-bond acceptors (Lipinski definition) is 2. The van der Waals surface area contributed by atoms with Crippen molar-refractivity contribution in [1.82, 2.24) is 0 Å². The minimum Gasteiger partial charge on any atom is -0.282 e. The Kier molecular flexibility index (Phi) is 1.02. The van der Waals surface area contributed by atoms with Gasteiger partial charge in [-0.25, -0.2) is 0 Å². The largest absolute Gasteiger partial charge is 0.294 e. The van der Waals surface area contributed by atoms with Gasteiger partial charge in [0.2, 0.25) is 0 Å². The number of fused-ring (bicyclic) bond motifs is 1. The third-order valence-electron chi connectivity index (χ3n) is 1.91. The molecule has 0 aromatic heterocycles. The quantitative estimate of drug-likeness (QED) is 0.655. The molecule has 0 amide bonds. The predicted octanol–water partition coefficient (Wildman–Crippen LogP) is 1.22. The van der Waals surface area contributed by atoms with Crippen LogP contribution in [0.5, 0.6) is 0 Å². The Balaban J connectivity index is 2.57. The van der Waals surface area contributed by atoms with E-state index in [1.54, 1.807) is 0 Å². The Morgan fingerprint density at radius 1 is 1.27 bits per heavy atom. The van der Waals surface area contributed by atoms with Crippen LogP contribution in [0.4, 0.5) is 0 Å². The molecule has 0 aromatic rings. The molecule has 0 unspecified atom stereocenters. The van der Waals surface area contributed by atoms with E-state index in [0.29, 0.717) is 0 Å². The van der Waals surface area contributed by atoms with Crippen LogP contribution in [0, 0.1) is 6.92 Å². The fraction of sp³-hybridized carbons (Fsp3) is 0.143. The molecule has 0 saturated heterocycles. The summed E-state index contributed by atoms with van der Waals surface area (Å²) in [5.74, 6) is 0. The molecule has 11 heavy (non-hydrogen) atoms. The Labute approximate surface area is 64.4 Å². The normalized spacial score (nSPS) is 13.3. The number of rotatable bonds is 1. The zero-order chi connectivity index (χ0) is 8.22. The summed E-state index contributed by atoms with van der Waals surface area (Å²) < 4.78 is 29.6. The van der Waals surface area contributed by atoms with Crippen LogP contribution < -0.4 is 0 Å². The molecule has 4 heteroatoms. The van der Waals surface area contributed by atoms with Crippen molar-refractivity contribution in [1.29, 1.82) is 0 Å². The lowest BCUT2D eigenvalue weighted by atomic mass is 10.5. The molecule has 3 nitrogen and oxygen atoms in total. The van der Waals surface area contributed by atoms with Gasteiger partial charge in [-0.05, 0) is 35.7 Å². The molecular formula is C7H6O3S. The minimum absolute atomic E-state index is 0.00750. The molecule has 58 valence electrons. The standard InChI is InChI=1S/C7H6O3S/c1-4-6-2-5(3-7(4)6)11(8,9)10/h2-3H,1H3,(H,8,9,10). The van der Waals surface area contributed by atoms with E-state index in [9.17, 15) is 8.42 Å². The van der Waals surface area contributed by atoms with Crippen molar-refractivity contribution in [3.05, 3.63) is 17.7 Å². The Morgan fingerprint density at radius 3 is 2.09 bits per heavy atom. The number of aryl methyl sites for hydroxylation is 1. The maximum absolute atomic E-state index is 10.5. The fourth-order valence-electron chi connectivity index (χ4n) is 1.17. The fourth-order valence-corrected chi connectivity index (χ4v) is 1.70. The van der Waals surface area contributed by atoms with Crippen LogP contribution in [0.1, 0.15) is 5.56 Å². The van der Waals surface area contributed by atoms with Gasteiger partial charge in [0.15, 0.2) is 0 Å².